The summed E-state index contributed by atoms with van der Waals surface area (Å²) in [6.07, 6.45) is 7.94. The lowest BCUT2D eigenvalue weighted by Gasteiger charge is -2.59. The van der Waals surface area contributed by atoms with E-state index in [1.807, 2.05) is 37.3 Å². The van der Waals surface area contributed by atoms with Crippen LogP contribution in [-0.2, 0) is 24.9 Å². The lowest BCUT2D eigenvalue weighted by Crippen LogP contribution is -2.61. The Morgan fingerprint density at radius 3 is 2.89 bits per heavy atom. The Labute approximate surface area is 224 Å². The first-order chi connectivity index (χ1) is 17.7. The minimum Gasteiger partial charge on any atom is -0.452 e. The number of benzene rings is 1. The quantitative estimate of drug-likeness (QED) is 0.521. The molecule has 6 nitrogen and oxygen atoms in total. The summed E-state index contributed by atoms with van der Waals surface area (Å²) in [6, 6.07) is 7.90. The van der Waals surface area contributed by atoms with E-state index in [1.165, 1.54) is 11.8 Å². The molecular weight excluding hydrogens is 506 g/mol. The van der Waals surface area contributed by atoms with Crippen LogP contribution in [0, 0.1) is 28.6 Å². The number of allylic oxidation sites excluding steroid dienone is 4. The minimum atomic E-state index is -1.28. The van der Waals surface area contributed by atoms with Crippen LogP contribution in [0.4, 0.5) is 0 Å². The van der Waals surface area contributed by atoms with Gasteiger partial charge in [-0.15, -0.1) is 11.3 Å². The predicted molar refractivity (Wildman–Crippen MR) is 144 cm³/mol. The Bertz CT molecular complexity index is 1320. The van der Waals surface area contributed by atoms with E-state index in [-0.39, 0.29) is 34.1 Å². The lowest BCUT2D eigenvalue weighted by atomic mass is 9.46. The van der Waals surface area contributed by atoms with Gasteiger partial charge in [0.1, 0.15) is 5.01 Å². The van der Waals surface area contributed by atoms with Crippen molar-refractivity contribution in [2.75, 3.05) is 0 Å². The molecule has 3 saturated carbocycles. The van der Waals surface area contributed by atoms with E-state index in [0.717, 1.165) is 40.1 Å². The van der Waals surface area contributed by atoms with Gasteiger partial charge in [-0.05, 0) is 68.2 Å². The van der Waals surface area contributed by atoms with Gasteiger partial charge in [-0.2, -0.15) is 0 Å². The lowest BCUT2D eigenvalue weighted by molar-refractivity contribution is -0.186. The number of para-hydroxylation sites is 1. The number of ketones is 1. The van der Waals surface area contributed by atoms with Crippen molar-refractivity contribution < 1.29 is 24.2 Å². The summed E-state index contributed by atoms with van der Waals surface area (Å²) in [7, 11) is 0. The zero-order chi connectivity index (χ0) is 26.0. The Kier molecular flexibility index (Phi) is 6.01. The molecule has 0 radical (unpaired) electrons. The van der Waals surface area contributed by atoms with Crippen LogP contribution in [0.1, 0.15) is 51.0 Å². The third kappa shape index (κ3) is 3.62. The van der Waals surface area contributed by atoms with Gasteiger partial charge >= 0.3 is 0 Å². The number of rotatable bonds is 5. The van der Waals surface area contributed by atoms with Gasteiger partial charge < -0.3 is 9.84 Å². The van der Waals surface area contributed by atoms with Crippen molar-refractivity contribution in [3.63, 3.8) is 0 Å². The molecule has 5 unspecified atom stereocenters. The number of aliphatic hydroxyl groups is 1. The number of thiazole rings is 1. The first-order valence-corrected chi connectivity index (χ1v) is 14.8. The largest absolute Gasteiger partial charge is 0.452 e. The number of carbonyl (C=O) groups excluding carboxylic acids is 3. The second kappa shape index (κ2) is 8.89. The van der Waals surface area contributed by atoms with Gasteiger partial charge in [0, 0.05) is 16.7 Å². The molecule has 3 fully saturated rings. The molecule has 8 heteroatoms. The number of ether oxygens (including phenoxy) is 1. The summed E-state index contributed by atoms with van der Waals surface area (Å²) in [6.45, 7) is 4.59. The molecule has 4 aliphatic carbocycles. The number of fused-ring (bicyclic) bond motifs is 6. The standard InChI is InChI=1S/C29H31NO5S2/c1-27-11-9-18(32)13-17(27)7-8-19-20-10-12-29(35-16-31,28(20,2)14-22(33)25(19)27)26(34)36-15-24-30-21-5-3-4-6-23(21)37-24/h3-6,9,11,13,16,19-20,22,25,33H,7-8,10,12,14-15H2,1-2H3/t19?,20?,22-,25?,27?,28?,29-/m0/s1. The molecule has 0 bridgehead atoms. The number of hydrogen-bond acceptors (Lipinski definition) is 8. The van der Waals surface area contributed by atoms with Gasteiger partial charge in [-0.1, -0.05) is 49.4 Å². The zero-order valence-corrected chi connectivity index (χ0v) is 22.6. The maximum atomic E-state index is 13.9. The highest BCUT2D eigenvalue weighted by Gasteiger charge is 2.70. The highest BCUT2D eigenvalue weighted by molar-refractivity contribution is 8.13. The van der Waals surface area contributed by atoms with Crippen LogP contribution in [0.15, 0.2) is 48.1 Å². The van der Waals surface area contributed by atoms with Gasteiger partial charge in [0.2, 0.25) is 5.12 Å². The molecule has 0 saturated heterocycles. The van der Waals surface area contributed by atoms with E-state index >= 15 is 0 Å². The van der Waals surface area contributed by atoms with Gasteiger partial charge in [0.05, 0.1) is 22.1 Å². The average molecular weight is 538 g/mol. The Morgan fingerprint density at radius 1 is 1.30 bits per heavy atom. The van der Waals surface area contributed by atoms with Gasteiger partial charge in [-0.25, -0.2) is 4.98 Å². The maximum Gasteiger partial charge on any atom is 0.294 e. The predicted octanol–water partition coefficient (Wildman–Crippen LogP) is 5.25. The molecule has 1 aromatic carbocycles. The fourth-order valence-corrected chi connectivity index (χ4v) is 10.3. The molecule has 4 aliphatic rings. The van der Waals surface area contributed by atoms with E-state index < -0.39 is 17.1 Å². The Morgan fingerprint density at radius 2 is 2.11 bits per heavy atom. The topological polar surface area (TPSA) is 93.6 Å². The number of thioether (sulfide) groups is 1. The van der Waals surface area contributed by atoms with Crippen LogP contribution in [0.5, 0.6) is 0 Å². The fraction of sp³-hybridized carbons (Fsp3) is 0.517. The second-order valence-corrected chi connectivity index (χ2v) is 13.5. The maximum absolute atomic E-state index is 13.9. The summed E-state index contributed by atoms with van der Waals surface area (Å²) >= 11 is 2.74. The summed E-state index contributed by atoms with van der Waals surface area (Å²) in [5.74, 6) is 0.705. The second-order valence-electron chi connectivity index (χ2n) is 11.4. The first kappa shape index (κ1) is 25.0. The van der Waals surface area contributed by atoms with Crippen LogP contribution in [0.3, 0.4) is 0 Å². The number of aliphatic hydroxyl groups excluding tert-OH is 1. The monoisotopic (exact) mass is 537 g/mol. The minimum absolute atomic E-state index is 0.0103. The highest BCUT2D eigenvalue weighted by Crippen LogP contribution is 2.68. The van der Waals surface area contributed by atoms with Crippen molar-refractivity contribution in [3.05, 3.63) is 53.1 Å². The molecule has 0 amide bonds. The molecule has 0 spiro atoms. The van der Waals surface area contributed by atoms with E-state index in [2.05, 4.69) is 11.9 Å². The smallest absolute Gasteiger partial charge is 0.294 e. The first-order valence-electron chi connectivity index (χ1n) is 13.0. The van der Waals surface area contributed by atoms with Crippen LogP contribution in [0.2, 0.25) is 0 Å². The molecule has 1 N–H and O–H groups in total. The van der Waals surface area contributed by atoms with Crippen LogP contribution in [-0.4, -0.2) is 39.2 Å². The van der Waals surface area contributed by atoms with Crippen LogP contribution < -0.4 is 0 Å². The Balaban J connectivity index is 1.29. The average Bonchev–Trinajstić information content (AvgIpc) is 3.41. The van der Waals surface area contributed by atoms with Crippen molar-refractivity contribution >= 4 is 50.7 Å². The van der Waals surface area contributed by atoms with E-state index in [1.54, 1.807) is 23.5 Å². The number of aromatic nitrogens is 1. The van der Waals surface area contributed by atoms with Gasteiger partial charge in [0.15, 0.2) is 11.4 Å². The van der Waals surface area contributed by atoms with Crippen molar-refractivity contribution in [2.45, 2.75) is 63.4 Å². The third-order valence-corrected chi connectivity index (χ3v) is 12.1. The van der Waals surface area contributed by atoms with Crippen LogP contribution >= 0.6 is 23.1 Å². The summed E-state index contributed by atoms with van der Waals surface area (Å²) in [4.78, 5) is 42.4. The van der Waals surface area contributed by atoms with Crippen molar-refractivity contribution in [2.24, 2.45) is 28.6 Å². The number of hydrogen-bond donors (Lipinski definition) is 1. The molecular formula is C29H31NO5S2. The molecule has 6 rings (SSSR count). The summed E-state index contributed by atoms with van der Waals surface area (Å²) in [5.41, 5.74) is -0.304. The molecule has 194 valence electrons. The molecule has 1 heterocycles. The highest BCUT2D eigenvalue weighted by atomic mass is 32.2. The van der Waals surface area contributed by atoms with E-state index in [9.17, 15) is 19.5 Å². The molecule has 0 aliphatic heterocycles. The van der Waals surface area contributed by atoms with Crippen molar-refractivity contribution in [3.8, 4) is 0 Å². The van der Waals surface area contributed by atoms with Crippen LogP contribution in [0.25, 0.3) is 10.2 Å². The van der Waals surface area contributed by atoms with Crippen molar-refractivity contribution in [1.82, 2.24) is 4.98 Å². The molecule has 2 aromatic rings. The van der Waals surface area contributed by atoms with Crippen molar-refractivity contribution in [1.29, 1.82) is 0 Å². The number of carbonyl (C=O) groups is 3. The normalized spacial score (nSPS) is 38.5. The zero-order valence-electron chi connectivity index (χ0n) is 21.0. The number of nitrogens with zero attached hydrogens (tertiary/aromatic N) is 1. The van der Waals surface area contributed by atoms with Gasteiger partial charge in [-0.3, -0.25) is 14.4 Å². The van der Waals surface area contributed by atoms with E-state index in [4.69, 9.17) is 4.74 Å². The van der Waals surface area contributed by atoms with Gasteiger partial charge in [0.25, 0.3) is 6.47 Å². The SMILES string of the molecule is CC12C=CC(=O)C=C1CCC1C2[C@@H](O)CC2(C)C1CC[C@]2(OC=O)C(=O)SCc1nc2ccccc2s1. The fourth-order valence-electron chi connectivity index (χ4n) is 8.20. The van der Waals surface area contributed by atoms with E-state index in [0.29, 0.717) is 25.1 Å². The Hall–Kier alpha value is -2.29. The molecule has 7 atom stereocenters. The third-order valence-electron chi connectivity index (χ3n) is 9.86. The summed E-state index contributed by atoms with van der Waals surface area (Å²) < 4.78 is 6.88. The molecule has 37 heavy (non-hydrogen) atoms. The molecule has 1 aromatic heterocycles. The summed E-state index contributed by atoms with van der Waals surface area (Å²) in [5, 5.41) is 12.4.